The van der Waals surface area contributed by atoms with E-state index in [1.54, 1.807) is 0 Å². The first-order valence-electron chi connectivity index (χ1n) is 30.2. The zero-order valence-corrected chi connectivity index (χ0v) is 47.8. The van der Waals surface area contributed by atoms with Gasteiger partial charge in [-0.1, -0.05) is 257 Å². The molecule has 0 spiro atoms. The van der Waals surface area contributed by atoms with E-state index in [-0.39, 0.29) is 31.1 Å². The van der Waals surface area contributed by atoms with E-state index in [1.165, 1.54) is 70.6 Å². The van der Waals surface area contributed by atoms with Crippen LogP contribution in [0.4, 0.5) is 0 Å². The van der Waals surface area contributed by atoms with Crippen LogP contribution in [-0.2, 0) is 28.6 Å². The topological polar surface area (TPSA) is 78.9 Å². The van der Waals surface area contributed by atoms with Gasteiger partial charge in [0.2, 0.25) is 0 Å². The first kappa shape index (κ1) is 69.5. The molecular formula is C68H110O6. The summed E-state index contributed by atoms with van der Waals surface area (Å²) in [7, 11) is 0. The molecule has 1 atom stereocenters. The van der Waals surface area contributed by atoms with E-state index in [2.05, 4.69) is 154 Å². The van der Waals surface area contributed by atoms with Gasteiger partial charge in [0.1, 0.15) is 13.2 Å². The van der Waals surface area contributed by atoms with Crippen LogP contribution >= 0.6 is 0 Å². The van der Waals surface area contributed by atoms with Crippen LogP contribution in [0, 0.1) is 0 Å². The highest BCUT2D eigenvalue weighted by Gasteiger charge is 2.19. The number of esters is 3. The molecule has 6 heteroatoms. The lowest BCUT2D eigenvalue weighted by atomic mass is 10.1. The molecule has 0 amide bonds. The van der Waals surface area contributed by atoms with Gasteiger partial charge in [-0.15, -0.1) is 0 Å². The van der Waals surface area contributed by atoms with Crippen molar-refractivity contribution < 1.29 is 28.6 Å². The quantitative estimate of drug-likeness (QED) is 0.0261. The van der Waals surface area contributed by atoms with Gasteiger partial charge in [-0.05, 0) is 116 Å². The van der Waals surface area contributed by atoms with Crippen LogP contribution in [0.2, 0.25) is 0 Å². The molecule has 0 fully saturated rings. The smallest absolute Gasteiger partial charge is 0.306 e. The molecule has 0 saturated carbocycles. The summed E-state index contributed by atoms with van der Waals surface area (Å²) in [6.07, 6.45) is 86.0. The molecule has 0 aliphatic heterocycles. The Kier molecular flexibility index (Phi) is 57.4. The summed E-state index contributed by atoms with van der Waals surface area (Å²) < 4.78 is 16.8. The molecule has 0 aromatic carbocycles. The molecule has 0 aromatic heterocycles. The van der Waals surface area contributed by atoms with Gasteiger partial charge in [0.25, 0.3) is 0 Å². The van der Waals surface area contributed by atoms with Crippen LogP contribution in [0.1, 0.15) is 258 Å². The number of hydrogen-bond acceptors (Lipinski definition) is 6. The minimum absolute atomic E-state index is 0.0889. The molecule has 418 valence electrons. The van der Waals surface area contributed by atoms with E-state index in [1.807, 2.05) is 0 Å². The van der Waals surface area contributed by atoms with Gasteiger partial charge in [0.05, 0.1) is 0 Å². The summed E-state index contributed by atoms with van der Waals surface area (Å²) in [4.78, 5) is 38.0. The third-order valence-corrected chi connectivity index (χ3v) is 12.4. The van der Waals surface area contributed by atoms with Crippen molar-refractivity contribution in [3.8, 4) is 0 Å². The predicted molar refractivity (Wildman–Crippen MR) is 320 cm³/mol. The number of rotatable bonds is 53. The fourth-order valence-electron chi connectivity index (χ4n) is 7.94. The maximum atomic E-state index is 12.8. The second kappa shape index (κ2) is 61.1. The zero-order chi connectivity index (χ0) is 53.6. The summed E-state index contributed by atoms with van der Waals surface area (Å²) in [5.41, 5.74) is 0. The molecule has 0 aliphatic rings. The minimum atomic E-state index is -0.791. The summed E-state index contributed by atoms with van der Waals surface area (Å²) in [6, 6.07) is 0. The average molecular weight is 1020 g/mol. The molecule has 0 N–H and O–H groups in total. The van der Waals surface area contributed by atoms with Crippen LogP contribution in [-0.4, -0.2) is 37.2 Å². The second-order valence-electron chi connectivity index (χ2n) is 19.5. The van der Waals surface area contributed by atoms with E-state index < -0.39 is 6.10 Å². The molecule has 0 saturated heterocycles. The molecule has 0 heterocycles. The van der Waals surface area contributed by atoms with Crippen molar-refractivity contribution in [1.82, 2.24) is 0 Å². The molecule has 1 unspecified atom stereocenters. The molecule has 0 rings (SSSR count). The Labute approximate surface area is 455 Å². The number of ether oxygens (including phenoxy) is 3. The normalized spacial score (nSPS) is 13.1. The first-order chi connectivity index (χ1) is 36.5. The Morgan fingerprint density at radius 3 is 0.824 bits per heavy atom. The fourth-order valence-corrected chi connectivity index (χ4v) is 7.94. The van der Waals surface area contributed by atoms with Gasteiger partial charge in [0, 0.05) is 19.3 Å². The van der Waals surface area contributed by atoms with Crippen LogP contribution < -0.4 is 0 Å². The first-order valence-corrected chi connectivity index (χ1v) is 30.2. The SMILES string of the molecule is CC/C=C\C/C=C\C/C=C\C/C=C\C/C=C\C/C=C\C/C=C\C/C=C\CCCCCCCCC(=O)OCC(COC(=O)CCCCCCCCCC)OC(=O)CCCCCCCCC/C=C\C/C=C\C/C=C\CC. The lowest BCUT2D eigenvalue weighted by Gasteiger charge is -2.18. The molecular weight excluding hydrogens is 913 g/mol. The van der Waals surface area contributed by atoms with Crippen molar-refractivity contribution in [3.63, 3.8) is 0 Å². The predicted octanol–water partition coefficient (Wildman–Crippen LogP) is 20.6. The van der Waals surface area contributed by atoms with Gasteiger partial charge in [-0.25, -0.2) is 0 Å². The van der Waals surface area contributed by atoms with Crippen LogP contribution in [0.5, 0.6) is 0 Å². The Morgan fingerprint density at radius 1 is 0.284 bits per heavy atom. The Morgan fingerprint density at radius 2 is 0.527 bits per heavy atom. The molecule has 0 aromatic rings. The monoisotopic (exact) mass is 1020 g/mol. The second-order valence-corrected chi connectivity index (χ2v) is 19.5. The van der Waals surface area contributed by atoms with Crippen LogP contribution in [0.25, 0.3) is 0 Å². The molecule has 0 aliphatic carbocycles. The number of carbonyl (C=O) groups is 3. The van der Waals surface area contributed by atoms with Crippen LogP contribution in [0.15, 0.2) is 134 Å². The van der Waals surface area contributed by atoms with Gasteiger partial charge < -0.3 is 14.2 Å². The van der Waals surface area contributed by atoms with Crippen molar-refractivity contribution in [1.29, 1.82) is 0 Å². The van der Waals surface area contributed by atoms with E-state index in [0.717, 1.165) is 148 Å². The minimum Gasteiger partial charge on any atom is -0.462 e. The molecule has 6 nitrogen and oxygen atoms in total. The number of hydrogen-bond donors (Lipinski definition) is 0. The van der Waals surface area contributed by atoms with E-state index >= 15 is 0 Å². The van der Waals surface area contributed by atoms with Crippen molar-refractivity contribution in [2.45, 2.75) is 264 Å². The summed E-state index contributed by atoms with van der Waals surface area (Å²) >= 11 is 0. The third-order valence-electron chi connectivity index (χ3n) is 12.4. The maximum absolute atomic E-state index is 12.8. The van der Waals surface area contributed by atoms with E-state index in [0.29, 0.717) is 19.3 Å². The highest BCUT2D eigenvalue weighted by molar-refractivity contribution is 5.71. The van der Waals surface area contributed by atoms with Crippen LogP contribution in [0.3, 0.4) is 0 Å². The summed E-state index contributed by atoms with van der Waals surface area (Å²) in [5.74, 6) is -0.921. The van der Waals surface area contributed by atoms with Gasteiger partial charge in [0.15, 0.2) is 6.10 Å². The van der Waals surface area contributed by atoms with Crippen molar-refractivity contribution >= 4 is 17.9 Å². The van der Waals surface area contributed by atoms with Gasteiger partial charge in [-0.2, -0.15) is 0 Å². The Bertz CT molecular complexity index is 1600. The lowest BCUT2D eigenvalue weighted by molar-refractivity contribution is -0.167. The van der Waals surface area contributed by atoms with Crippen molar-refractivity contribution in [3.05, 3.63) is 134 Å². The highest BCUT2D eigenvalue weighted by Crippen LogP contribution is 2.14. The largest absolute Gasteiger partial charge is 0.462 e. The third kappa shape index (κ3) is 58.4. The van der Waals surface area contributed by atoms with Gasteiger partial charge >= 0.3 is 17.9 Å². The summed E-state index contributed by atoms with van der Waals surface area (Å²) in [5, 5.41) is 0. The number of allylic oxidation sites excluding steroid dienone is 22. The van der Waals surface area contributed by atoms with Crippen molar-refractivity contribution in [2.75, 3.05) is 13.2 Å². The lowest BCUT2D eigenvalue weighted by Crippen LogP contribution is -2.30. The molecule has 0 radical (unpaired) electrons. The molecule has 0 bridgehead atoms. The standard InChI is InChI=1S/C68H110O6/c1-4-7-10-13-16-19-21-23-25-27-28-29-30-31-32-33-34-35-36-37-38-39-40-42-43-45-47-49-52-55-58-61-67(70)73-64-65(63-72-66(69)60-57-54-51-18-15-12-9-6-3)74-68(71)62-59-56-53-50-48-46-44-41-26-24-22-20-17-14-11-8-5-2/h7-8,10-11,16-17,19-20,23-26,28-29,31-32,34-35,37-38,40,42,65H,4-6,9,12-15,18,21-22,27,30,33,36,39,41,43-64H2,1-3H3/b10-7-,11-8-,19-16-,20-17-,25-23-,26-24-,29-28-,32-31-,35-34-,38-37-,42-40-. The highest BCUT2D eigenvalue weighted by atomic mass is 16.6. The molecule has 74 heavy (non-hydrogen) atoms. The Hall–Kier alpha value is -4.45. The maximum Gasteiger partial charge on any atom is 0.306 e. The Balaban J connectivity index is 4.25. The van der Waals surface area contributed by atoms with Crippen molar-refractivity contribution in [2.24, 2.45) is 0 Å². The summed E-state index contributed by atoms with van der Waals surface area (Å²) in [6.45, 7) is 6.36. The number of carbonyl (C=O) groups excluding carboxylic acids is 3. The van der Waals surface area contributed by atoms with Gasteiger partial charge in [-0.3, -0.25) is 14.4 Å². The zero-order valence-electron chi connectivity index (χ0n) is 47.8. The average Bonchev–Trinajstić information content (AvgIpc) is 3.40. The van der Waals surface area contributed by atoms with E-state index in [4.69, 9.17) is 14.2 Å². The van der Waals surface area contributed by atoms with E-state index in [9.17, 15) is 14.4 Å². The number of unbranched alkanes of at least 4 members (excludes halogenated alkanes) is 20. The fraction of sp³-hybridized carbons (Fsp3) is 0.632.